The average molecular weight is 344 g/mol. The van der Waals surface area contributed by atoms with Crippen LogP contribution in [0.1, 0.15) is 49.9 Å². The molecule has 134 valence electrons. The molecule has 1 saturated carbocycles. The fraction of sp³-hybridized carbons (Fsp3) is 0.500. The SMILES string of the molecule is Cc1ccc(NC(=O)NC(C)CCCO)c(-c2nc(C3CC3)no2)c1. The molecule has 1 unspecified atom stereocenters. The molecular weight excluding hydrogens is 320 g/mol. The summed E-state index contributed by atoms with van der Waals surface area (Å²) in [7, 11) is 0. The van der Waals surface area contributed by atoms with Crippen LogP contribution in [0.15, 0.2) is 22.7 Å². The number of aliphatic hydroxyl groups is 1. The molecule has 3 N–H and O–H groups in total. The quantitative estimate of drug-likeness (QED) is 0.716. The predicted octanol–water partition coefficient (Wildman–Crippen LogP) is 3.20. The van der Waals surface area contributed by atoms with Crippen molar-refractivity contribution in [2.24, 2.45) is 0 Å². The smallest absolute Gasteiger partial charge is 0.319 e. The first-order chi connectivity index (χ1) is 12.1. The van der Waals surface area contributed by atoms with Crippen molar-refractivity contribution in [2.45, 2.75) is 51.5 Å². The molecular formula is C18H24N4O3. The van der Waals surface area contributed by atoms with E-state index in [0.29, 0.717) is 23.9 Å². The first-order valence-electron chi connectivity index (χ1n) is 8.70. The third-order valence-corrected chi connectivity index (χ3v) is 4.21. The lowest BCUT2D eigenvalue weighted by atomic mass is 10.1. The lowest BCUT2D eigenvalue weighted by Gasteiger charge is -2.15. The summed E-state index contributed by atoms with van der Waals surface area (Å²) in [6.07, 6.45) is 3.58. The number of urea groups is 1. The number of aromatic nitrogens is 2. The number of nitrogens with one attached hydrogen (secondary N) is 2. The average Bonchev–Trinajstić information content (AvgIpc) is 3.32. The summed E-state index contributed by atoms with van der Waals surface area (Å²) in [5.74, 6) is 1.58. The van der Waals surface area contributed by atoms with E-state index in [1.807, 2.05) is 32.0 Å². The van der Waals surface area contributed by atoms with Crippen LogP contribution in [-0.2, 0) is 0 Å². The summed E-state index contributed by atoms with van der Waals surface area (Å²) < 4.78 is 5.40. The summed E-state index contributed by atoms with van der Waals surface area (Å²) in [5, 5.41) is 18.6. The van der Waals surface area contributed by atoms with Crippen molar-refractivity contribution in [3.63, 3.8) is 0 Å². The second-order valence-electron chi connectivity index (χ2n) is 6.65. The molecule has 1 heterocycles. The van der Waals surface area contributed by atoms with Crippen LogP contribution >= 0.6 is 0 Å². The number of carbonyl (C=O) groups is 1. The van der Waals surface area contributed by atoms with Crippen molar-refractivity contribution in [3.8, 4) is 11.5 Å². The maximum absolute atomic E-state index is 12.2. The van der Waals surface area contributed by atoms with Gasteiger partial charge in [-0.05, 0) is 51.7 Å². The Kier molecular flexibility index (Phi) is 5.33. The molecule has 2 amide bonds. The predicted molar refractivity (Wildman–Crippen MR) is 94.4 cm³/mol. The number of aryl methyl sites for hydroxylation is 1. The van der Waals surface area contributed by atoms with Gasteiger partial charge in [-0.15, -0.1) is 0 Å². The van der Waals surface area contributed by atoms with Crippen LogP contribution in [0.5, 0.6) is 0 Å². The molecule has 1 atom stereocenters. The molecule has 0 radical (unpaired) electrons. The fourth-order valence-corrected chi connectivity index (χ4v) is 2.65. The monoisotopic (exact) mass is 344 g/mol. The van der Waals surface area contributed by atoms with Gasteiger partial charge < -0.3 is 20.3 Å². The number of rotatable bonds is 7. The third-order valence-electron chi connectivity index (χ3n) is 4.21. The van der Waals surface area contributed by atoms with E-state index in [4.69, 9.17) is 9.63 Å². The lowest BCUT2D eigenvalue weighted by molar-refractivity contribution is 0.245. The summed E-state index contributed by atoms with van der Waals surface area (Å²) in [4.78, 5) is 16.7. The molecule has 0 aliphatic heterocycles. The van der Waals surface area contributed by atoms with E-state index < -0.39 is 0 Å². The van der Waals surface area contributed by atoms with Gasteiger partial charge in [0.05, 0.1) is 11.3 Å². The van der Waals surface area contributed by atoms with Gasteiger partial charge in [0.1, 0.15) is 0 Å². The topological polar surface area (TPSA) is 100 Å². The van der Waals surface area contributed by atoms with Crippen molar-refractivity contribution in [2.75, 3.05) is 11.9 Å². The minimum absolute atomic E-state index is 0.0223. The fourth-order valence-electron chi connectivity index (χ4n) is 2.65. The Morgan fingerprint density at radius 1 is 1.44 bits per heavy atom. The molecule has 0 saturated heterocycles. The van der Waals surface area contributed by atoms with E-state index in [0.717, 1.165) is 36.2 Å². The van der Waals surface area contributed by atoms with E-state index in [2.05, 4.69) is 20.8 Å². The van der Waals surface area contributed by atoms with Gasteiger partial charge in [0.15, 0.2) is 5.82 Å². The summed E-state index contributed by atoms with van der Waals surface area (Å²) in [5.41, 5.74) is 2.39. The van der Waals surface area contributed by atoms with E-state index >= 15 is 0 Å². The molecule has 25 heavy (non-hydrogen) atoms. The van der Waals surface area contributed by atoms with E-state index in [-0.39, 0.29) is 18.7 Å². The van der Waals surface area contributed by atoms with Crippen molar-refractivity contribution in [1.29, 1.82) is 0 Å². The maximum Gasteiger partial charge on any atom is 0.319 e. The van der Waals surface area contributed by atoms with Crippen LogP contribution in [0.25, 0.3) is 11.5 Å². The second-order valence-corrected chi connectivity index (χ2v) is 6.65. The standard InChI is InChI=1S/C18H24N4O3/c1-11-5-8-15(20-18(24)19-12(2)4-3-9-23)14(10-11)17-21-16(22-25-17)13-6-7-13/h5,8,10,12-13,23H,3-4,6-7,9H2,1-2H3,(H2,19,20,24). The van der Waals surface area contributed by atoms with Gasteiger partial charge in [0.2, 0.25) is 0 Å². The zero-order chi connectivity index (χ0) is 17.8. The first kappa shape index (κ1) is 17.4. The molecule has 1 aliphatic rings. The van der Waals surface area contributed by atoms with Crippen molar-refractivity contribution >= 4 is 11.7 Å². The Labute approximate surface area is 146 Å². The van der Waals surface area contributed by atoms with Crippen LogP contribution in [0.2, 0.25) is 0 Å². The van der Waals surface area contributed by atoms with Crippen LogP contribution in [0.3, 0.4) is 0 Å². The molecule has 1 aromatic carbocycles. The molecule has 7 nitrogen and oxygen atoms in total. The lowest BCUT2D eigenvalue weighted by Crippen LogP contribution is -2.36. The Balaban J connectivity index is 1.73. The highest BCUT2D eigenvalue weighted by Crippen LogP contribution is 2.39. The highest BCUT2D eigenvalue weighted by Gasteiger charge is 2.29. The van der Waals surface area contributed by atoms with E-state index in [1.54, 1.807) is 0 Å². The van der Waals surface area contributed by atoms with Crippen LogP contribution in [0.4, 0.5) is 10.5 Å². The Morgan fingerprint density at radius 3 is 2.96 bits per heavy atom. The number of carbonyl (C=O) groups excluding carboxylic acids is 1. The van der Waals surface area contributed by atoms with E-state index in [1.165, 1.54) is 0 Å². The molecule has 1 aromatic heterocycles. The minimum atomic E-state index is -0.294. The zero-order valence-electron chi connectivity index (χ0n) is 14.6. The third kappa shape index (κ3) is 4.57. The molecule has 3 rings (SSSR count). The Bertz CT molecular complexity index is 740. The molecule has 1 fully saturated rings. The number of amides is 2. The van der Waals surface area contributed by atoms with Gasteiger partial charge in [-0.1, -0.05) is 16.8 Å². The maximum atomic E-state index is 12.2. The van der Waals surface area contributed by atoms with Crippen LogP contribution in [0, 0.1) is 6.92 Å². The zero-order valence-corrected chi connectivity index (χ0v) is 14.6. The largest absolute Gasteiger partial charge is 0.396 e. The van der Waals surface area contributed by atoms with Crippen molar-refractivity contribution in [1.82, 2.24) is 15.5 Å². The normalized spacial score (nSPS) is 15.0. The molecule has 7 heteroatoms. The Morgan fingerprint density at radius 2 is 2.24 bits per heavy atom. The van der Waals surface area contributed by atoms with Gasteiger partial charge in [0.25, 0.3) is 5.89 Å². The van der Waals surface area contributed by atoms with Gasteiger partial charge in [-0.25, -0.2) is 4.79 Å². The highest BCUT2D eigenvalue weighted by molar-refractivity contribution is 5.93. The number of hydrogen-bond donors (Lipinski definition) is 3. The summed E-state index contributed by atoms with van der Waals surface area (Å²) >= 11 is 0. The van der Waals surface area contributed by atoms with Crippen molar-refractivity contribution < 1.29 is 14.4 Å². The van der Waals surface area contributed by atoms with Gasteiger partial charge in [0, 0.05) is 18.6 Å². The van der Waals surface area contributed by atoms with Crippen molar-refractivity contribution in [3.05, 3.63) is 29.6 Å². The minimum Gasteiger partial charge on any atom is -0.396 e. The van der Waals surface area contributed by atoms with Gasteiger partial charge in [-0.2, -0.15) is 4.98 Å². The number of anilines is 1. The number of aliphatic hydroxyl groups excluding tert-OH is 1. The molecule has 0 bridgehead atoms. The number of benzene rings is 1. The summed E-state index contributed by atoms with van der Waals surface area (Å²) in [6, 6.07) is 5.37. The van der Waals surface area contributed by atoms with Gasteiger partial charge >= 0.3 is 6.03 Å². The van der Waals surface area contributed by atoms with Crippen LogP contribution < -0.4 is 10.6 Å². The summed E-state index contributed by atoms with van der Waals surface area (Å²) in [6.45, 7) is 4.00. The number of nitrogens with zero attached hydrogens (tertiary/aromatic N) is 2. The number of hydrogen-bond acceptors (Lipinski definition) is 5. The van der Waals surface area contributed by atoms with Gasteiger partial charge in [-0.3, -0.25) is 0 Å². The second kappa shape index (κ2) is 7.65. The van der Waals surface area contributed by atoms with E-state index in [9.17, 15) is 4.79 Å². The Hall–Kier alpha value is -2.41. The highest BCUT2D eigenvalue weighted by atomic mass is 16.5. The molecule has 2 aromatic rings. The van der Waals surface area contributed by atoms with Crippen LogP contribution in [-0.4, -0.2) is 33.9 Å². The molecule has 1 aliphatic carbocycles. The molecule has 0 spiro atoms. The first-order valence-corrected chi connectivity index (χ1v) is 8.70.